The summed E-state index contributed by atoms with van der Waals surface area (Å²) in [6, 6.07) is 0.218. The number of hydrogen-bond acceptors (Lipinski definition) is 1. The second kappa shape index (κ2) is 4.54. The quantitative estimate of drug-likeness (QED) is 0.766. The van der Waals surface area contributed by atoms with Gasteiger partial charge in [-0.25, -0.2) is 0 Å². The Labute approximate surface area is 94.8 Å². The van der Waals surface area contributed by atoms with E-state index in [0.29, 0.717) is 0 Å². The number of nitrogens with one attached hydrogen (secondary N) is 1. The molecule has 15 heavy (non-hydrogen) atoms. The highest BCUT2D eigenvalue weighted by atomic mass is 16.1. The summed E-state index contributed by atoms with van der Waals surface area (Å²) < 4.78 is 0. The van der Waals surface area contributed by atoms with Crippen LogP contribution < -0.4 is 5.32 Å². The maximum atomic E-state index is 11.9. The normalized spacial score (nSPS) is 15.3. The number of hydrogen-bond donors (Lipinski definition) is 1. The van der Waals surface area contributed by atoms with Crippen LogP contribution in [-0.2, 0) is 4.79 Å². The van der Waals surface area contributed by atoms with E-state index in [-0.39, 0.29) is 28.7 Å². The van der Waals surface area contributed by atoms with Crippen molar-refractivity contribution in [1.29, 1.82) is 0 Å². The molecular weight excluding hydrogens is 186 g/mol. The molecule has 1 atom stereocenters. The molecule has 1 amide bonds. The van der Waals surface area contributed by atoms with Gasteiger partial charge in [0.05, 0.1) is 0 Å². The van der Waals surface area contributed by atoms with Crippen LogP contribution in [0.5, 0.6) is 0 Å². The van der Waals surface area contributed by atoms with Gasteiger partial charge in [-0.1, -0.05) is 41.5 Å². The van der Waals surface area contributed by atoms with E-state index in [1.165, 1.54) is 0 Å². The highest BCUT2D eigenvalue weighted by Crippen LogP contribution is 2.43. The Morgan fingerprint density at radius 1 is 1.00 bits per heavy atom. The Balaban J connectivity index is 4.70. The predicted molar refractivity (Wildman–Crippen MR) is 65.7 cm³/mol. The van der Waals surface area contributed by atoms with Crippen molar-refractivity contribution in [2.24, 2.45) is 16.7 Å². The third-order valence-electron chi connectivity index (χ3n) is 3.84. The van der Waals surface area contributed by atoms with Gasteiger partial charge in [0.15, 0.2) is 0 Å². The summed E-state index contributed by atoms with van der Waals surface area (Å²) in [6.07, 6.45) is 0. The molecule has 0 aliphatic heterocycles. The molecule has 0 aromatic heterocycles. The summed E-state index contributed by atoms with van der Waals surface area (Å²) in [7, 11) is 0. The number of carbonyl (C=O) groups excluding carboxylic acids is 1. The van der Waals surface area contributed by atoms with E-state index in [1.807, 2.05) is 20.8 Å². The summed E-state index contributed by atoms with van der Waals surface area (Å²) in [4.78, 5) is 11.9. The van der Waals surface area contributed by atoms with Crippen molar-refractivity contribution in [3.8, 4) is 0 Å². The molecule has 0 heterocycles. The third kappa shape index (κ3) is 3.51. The minimum atomic E-state index is -0.00796. The molecule has 0 saturated heterocycles. The molecular formula is C13H27NO. The topological polar surface area (TPSA) is 29.1 Å². The van der Waals surface area contributed by atoms with Crippen LogP contribution in [0.2, 0.25) is 0 Å². The second-order valence-corrected chi connectivity index (χ2v) is 6.36. The SMILES string of the molecule is CC(C)NC(=O)C(C)C(C)(C)C(C)(C)C. The van der Waals surface area contributed by atoms with Crippen LogP contribution in [0.4, 0.5) is 0 Å². The third-order valence-corrected chi connectivity index (χ3v) is 3.84. The summed E-state index contributed by atoms with van der Waals surface area (Å²) in [5, 5.41) is 2.98. The van der Waals surface area contributed by atoms with Gasteiger partial charge in [-0.3, -0.25) is 4.79 Å². The molecule has 1 unspecified atom stereocenters. The molecule has 2 heteroatoms. The Kier molecular flexibility index (Phi) is 4.38. The molecule has 0 rings (SSSR count). The first-order valence-electron chi connectivity index (χ1n) is 5.80. The molecule has 0 aromatic rings. The van der Waals surface area contributed by atoms with Gasteiger partial charge in [-0.15, -0.1) is 0 Å². The Hall–Kier alpha value is -0.530. The van der Waals surface area contributed by atoms with E-state index in [2.05, 4.69) is 39.9 Å². The van der Waals surface area contributed by atoms with Crippen LogP contribution in [0.15, 0.2) is 0 Å². The van der Waals surface area contributed by atoms with Crippen molar-refractivity contribution < 1.29 is 4.79 Å². The minimum absolute atomic E-state index is 0.00796. The van der Waals surface area contributed by atoms with Gasteiger partial charge >= 0.3 is 0 Å². The lowest BCUT2D eigenvalue weighted by atomic mass is 9.62. The molecule has 0 saturated carbocycles. The van der Waals surface area contributed by atoms with Gasteiger partial charge in [0.25, 0.3) is 0 Å². The van der Waals surface area contributed by atoms with E-state index >= 15 is 0 Å². The van der Waals surface area contributed by atoms with Crippen LogP contribution in [0, 0.1) is 16.7 Å². The van der Waals surface area contributed by atoms with Crippen LogP contribution in [-0.4, -0.2) is 11.9 Å². The fourth-order valence-corrected chi connectivity index (χ4v) is 1.39. The Morgan fingerprint density at radius 3 is 1.67 bits per heavy atom. The zero-order valence-corrected chi connectivity index (χ0v) is 11.6. The van der Waals surface area contributed by atoms with Crippen molar-refractivity contribution in [2.75, 3.05) is 0 Å². The van der Waals surface area contributed by atoms with Gasteiger partial charge in [-0.05, 0) is 24.7 Å². The van der Waals surface area contributed by atoms with Crippen molar-refractivity contribution in [2.45, 2.75) is 61.4 Å². The lowest BCUT2D eigenvalue weighted by Gasteiger charge is -2.43. The molecule has 0 aromatic carbocycles. The second-order valence-electron chi connectivity index (χ2n) is 6.36. The van der Waals surface area contributed by atoms with Crippen molar-refractivity contribution in [3.05, 3.63) is 0 Å². The molecule has 0 aliphatic carbocycles. The molecule has 2 nitrogen and oxygen atoms in total. The molecule has 1 N–H and O–H groups in total. The van der Waals surface area contributed by atoms with Gasteiger partial charge in [0.1, 0.15) is 0 Å². The first kappa shape index (κ1) is 14.5. The van der Waals surface area contributed by atoms with Crippen molar-refractivity contribution in [1.82, 2.24) is 5.32 Å². The maximum Gasteiger partial charge on any atom is 0.223 e. The van der Waals surface area contributed by atoms with E-state index in [1.54, 1.807) is 0 Å². The minimum Gasteiger partial charge on any atom is -0.354 e. The summed E-state index contributed by atoms with van der Waals surface area (Å²) in [5.74, 6) is 0.185. The van der Waals surface area contributed by atoms with Crippen molar-refractivity contribution >= 4 is 5.91 Å². The zero-order valence-electron chi connectivity index (χ0n) is 11.6. The van der Waals surface area contributed by atoms with Crippen LogP contribution in [0.3, 0.4) is 0 Å². The molecule has 0 spiro atoms. The van der Waals surface area contributed by atoms with E-state index in [0.717, 1.165) is 0 Å². The molecule has 0 fully saturated rings. The molecule has 0 radical (unpaired) electrons. The first-order chi connectivity index (χ1) is 6.50. The highest BCUT2D eigenvalue weighted by Gasteiger charge is 2.40. The zero-order chi connectivity index (χ0) is 12.4. The molecule has 0 aliphatic rings. The predicted octanol–water partition coefficient (Wildman–Crippen LogP) is 3.22. The number of rotatable bonds is 3. The van der Waals surface area contributed by atoms with E-state index in [4.69, 9.17) is 0 Å². The number of amides is 1. The smallest absolute Gasteiger partial charge is 0.223 e. The molecule has 0 bridgehead atoms. The maximum absolute atomic E-state index is 11.9. The first-order valence-corrected chi connectivity index (χ1v) is 5.80. The average Bonchev–Trinajstić information content (AvgIpc) is 1.99. The van der Waals surface area contributed by atoms with E-state index < -0.39 is 0 Å². The summed E-state index contributed by atoms with van der Waals surface area (Å²) in [6.45, 7) is 16.9. The van der Waals surface area contributed by atoms with Crippen LogP contribution in [0.25, 0.3) is 0 Å². The number of carbonyl (C=O) groups is 1. The monoisotopic (exact) mass is 213 g/mol. The van der Waals surface area contributed by atoms with Crippen molar-refractivity contribution in [3.63, 3.8) is 0 Å². The average molecular weight is 213 g/mol. The van der Waals surface area contributed by atoms with Crippen LogP contribution in [0.1, 0.15) is 55.4 Å². The van der Waals surface area contributed by atoms with Gasteiger partial charge in [0, 0.05) is 12.0 Å². The standard InChI is InChI=1S/C13H27NO/c1-9(2)14-11(15)10(3)13(7,8)12(4,5)6/h9-10H,1-8H3,(H,14,15). The van der Waals surface area contributed by atoms with E-state index in [9.17, 15) is 4.79 Å². The van der Waals surface area contributed by atoms with Gasteiger partial charge in [-0.2, -0.15) is 0 Å². The fraction of sp³-hybridized carbons (Fsp3) is 0.923. The lowest BCUT2D eigenvalue weighted by Crippen LogP contribution is -2.45. The highest BCUT2D eigenvalue weighted by molar-refractivity contribution is 5.79. The van der Waals surface area contributed by atoms with Crippen LogP contribution >= 0.6 is 0 Å². The lowest BCUT2D eigenvalue weighted by molar-refractivity contribution is -0.131. The van der Waals surface area contributed by atoms with Gasteiger partial charge < -0.3 is 5.32 Å². The largest absolute Gasteiger partial charge is 0.354 e. The summed E-state index contributed by atoms with van der Waals surface area (Å²) >= 11 is 0. The van der Waals surface area contributed by atoms with Gasteiger partial charge in [0.2, 0.25) is 5.91 Å². The summed E-state index contributed by atoms with van der Waals surface area (Å²) in [5.41, 5.74) is 0.118. The Morgan fingerprint density at radius 2 is 1.40 bits per heavy atom. The fourth-order valence-electron chi connectivity index (χ4n) is 1.39. The molecule has 90 valence electrons. The Bertz CT molecular complexity index is 223.